The van der Waals surface area contributed by atoms with Crippen molar-refractivity contribution in [3.63, 3.8) is 0 Å². The van der Waals surface area contributed by atoms with Crippen molar-refractivity contribution < 1.29 is 9.59 Å². The summed E-state index contributed by atoms with van der Waals surface area (Å²) in [5.41, 5.74) is 3.21. The molecule has 1 aliphatic rings. The number of amides is 2. The Morgan fingerprint density at radius 1 is 1.43 bits per heavy atom. The molecule has 1 N–H and O–H groups in total. The zero-order chi connectivity index (χ0) is 15.0. The smallest absolute Gasteiger partial charge is 0.245 e. The van der Waals surface area contributed by atoms with Crippen molar-refractivity contribution in [3.8, 4) is 0 Å². The molecule has 0 aliphatic carbocycles. The van der Waals surface area contributed by atoms with Gasteiger partial charge in [0.1, 0.15) is 6.54 Å². The second kappa shape index (κ2) is 5.65. The summed E-state index contributed by atoms with van der Waals surface area (Å²) in [6.45, 7) is 4.15. The number of thiazole rings is 1. The van der Waals surface area contributed by atoms with Crippen LogP contribution in [0.2, 0.25) is 0 Å². The Hall–Kier alpha value is -1.60. The zero-order valence-corrected chi connectivity index (χ0v) is 13.4. The van der Waals surface area contributed by atoms with Crippen molar-refractivity contribution in [3.05, 3.63) is 23.3 Å². The number of anilines is 1. The molecule has 2 aromatic rings. The maximum Gasteiger partial charge on any atom is 0.245 e. The number of hydrogen-bond donors (Lipinski definition) is 1. The van der Waals surface area contributed by atoms with E-state index in [1.54, 1.807) is 4.90 Å². The van der Waals surface area contributed by atoms with E-state index in [2.05, 4.69) is 22.4 Å². The Morgan fingerprint density at radius 3 is 2.95 bits per heavy atom. The highest BCUT2D eigenvalue weighted by atomic mass is 32.2. The lowest BCUT2D eigenvalue weighted by molar-refractivity contribution is -0.130. The van der Waals surface area contributed by atoms with E-state index < -0.39 is 0 Å². The van der Waals surface area contributed by atoms with E-state index in [0.717, 1.165) is 15.8 Å². The Kier molecular flexibility index (Phi) is 3.86. The highest BCUT2D eigenvalue weighted by Crippen LogP contribution is 2.29. The Morgan fingerprint density at radius 2 is 2.24 bits per heavy atom. The van der Waals surface area contributed by atoms with Gasteiger partial charge in [-0.15, -0.1) is 11.8 Å². The first-order valence-electron chi connectivity index (χ1n) is 6.56. The van der Waals surface area contributed by atoms with Crippen molar-refractivity contribution in [2.45, 2.75) is 13.8 Å². The number of carbonyl (C=O) groups excluding carboxylic acids is 2. The molecular formula is C14H15N3O2S2. The summed E-state index contributed by atoms with van der Waals surface area (Å²) in [5, 5.41) is 3.38. The highest BCUT2D eigenvalue weighted by Gasteiger charge is 2.23. The molecule has 110 valence electrons. The SMILES string of the molecule is Cc1cc(C)c2nc(NC(=O)CN3CSCC3=O)sc2c1. The van der Waals surface area contributed by atoms with Crippen LogP contribution in [0.1, 0.15) is 11.1 Å². The van der Waals surface area contributed by atoms with Crippen LogP contribution in [0.3, 0.4) is 0 Å². The molecule has 0 radical (unpaired) electrons. The van der Waals surface area contributed by atoms with Crippen LogP contribution in [0.4, 0.5) is 5.13 Å². The van der Waals surface area contributed by atoms with Gasteiger partial charge in [-0.05, 0) is 31.0 Å². The summed E-state index contributed by atoms with van der Waals surface area (Å²) in [7, 11) is 0. The maximum atomic E-state index is 12.0. The first-order chi connectivity index (χ1) is 10.0. The molecule has 21 heavy (non-hydrogen) atoms. The number of fused-ring (bicyclic) bond motifs is 1. The summed E-state index contributed by atoms with van der Waals surface area (Å²) in [4.78, 5) is 29.5. The molecule has 5 nitrogen and oxygen atoms in total. The molecule has 0 spiro atoms. The number of benzene rings is 1. The van der Waals surface area contributed by atoms with Crippen molar-refractivity contribution in [2.75, 3.05) is 23.5 Å². The number of aryl methyl sites for hydroxylation is 2. The summed E-state index contributed by atoms with van der Waals surface area (Å²) in [5.74, 6) is 0.877. The number of carbonyl (C=O) groups is 2. The Bertz CT molecular complexity index is 726. The fourth-order valence-electron chi connectivity index (χ4n) is 2.30. The van der Waals surface area contributed by atoms with Gasteiger partial charge in [0.15, 0.2) is 5.13 Å². The van der Waals surface area contributed by atoms with Crippen molar-refractivity contribution in [1.82, 2.24) is 9.88 Å². The average molecular weight is 321 g/mol. The molecule has 0 saturated carbocycles. The standard InChI is InChI=1S/C14H15N3O2S2/c1-8-3-9(2)13-10(4-8)21-14(16-13)15-11(18)5-17-7-20-6-12(17)19/h3-4H,5-7H2,1-2H3,(H,15,16,18). The van der Waals surface area contributed by atoms with Gasteiger partial charge >= 0.3 is 0 Å². The van der Waals surface area contributed by atoms with E-state index in [0.29, 0.717) is 16.8 Å². The lowest BCUT2D eigenvalue weighted by Crippen LogP contribution is -2.34. The van der Waals surface area contributed by atoms with Gasteiger partial charge in [0.25, 0.3) is 0 Å². The molecule has 1 saturated heterocycles. The fraction of sp³-hybridized carbons (Fsp3) is 0.357. The van der Waals surface area contributed by atoms with Crippen LogP contribution in [0.15, 0.2) is 12.1 Å². The second-order valence-corrected chi connectivity index (χ2v) is 7.05. The topological polar surface area (TPSA) is 62.3 Å². The molecule has 1 aliphatic heterocycles. The van der Waals surface area contributed by atoms with Crippen LogP contribution < -0.4 is 5.32 Å². The lowest BCUT2D eigenvalue weighted by atomic mass is 10.1. The van der Waals surface area contributed by atoms with Crippen molar-refractivity contribution >= 4 is 50.3 Å². The van der Waals surface area contributed by atoms with Crippen LogP contribution in [0.25, 0.3) is 10.2 Å². The molecule has 1 aromatic heterocycles. The van der Waals surface area contributed by atoms with E-state index >= 15 is 0 Å². The monoisotopic (exact) mass is 321 g/mol. The molecule has 7 heteroatoms. The van der Waals surface area contributed by atoms with E-state index in [-0.39, 0.29) is 18.4 Å². The minimum Gasteiger partial charge on any atom is -0.323 e. The molecule has 1 aromatic carbocycles. The number of thioether (sulfide) groups is 1. The minimum absolute atomic E-state index is 0.0194. The van der Waals surface area contributed by atoms with Gasteiger partial charge in [-0.2, -0.15) is 0 Å². The normalized spacial score (nSPS) is 15.0. The van der Waals surface area contributed by atoms with Gasteiger partial charge in [0.05, 0.1) is 21.8 Å². The number of hydrogen-bond acceptors (Lipinski definition) is 5. The summed E-state index contributed by atoms with van der Waals surface area (Å²) < 4.78 is 1.07. The molecule has 3 rings (SSSR count). The molecule has 2 amide bonds. The number of nitrogens with one attached hydrogen (secondary N) is 1. The van der Waals surface area contributed by atoms with Gasteiger partial charge in [-0.3, -0.25) is 9.59 Å². The van der Waals surface area contributed by atoms with Crippen LogP contribution in [0.5, 0.6) is 0 Å². The Balaban J connectivity index is 1.74. The van der Waals surface area contributed by atoms with Gasteiger partial charge in [0, 0.05) is 0 Å². The molecular weight excluding hydrogens is 306 g/mol. The van der Waals surface area contributed by atoms with E-state index in [4.69, 9.17) is 0 Å². The third-order valence-electron chi connectivity index (χ3n) is 3.24. The lowest BCUT2D eigenvalue weighted by Gasteiger charge is -2.12. The first-order valence-corrected chi connectivity index (χ1v) is 8.53. The van der Waals surface area contributed by atoms with E-state index in [9.17, 15) is 9.59 Å². The van der Waals surface area contributed by atoms with Gasteiger partial charge in [-0.25, -0.2) is 4.98 Å². The van der Waals surface area contributed by atoms with Crippen LogP contribution in [-0.4, -0.2) is 39.9 Å². The quantitative estimate of drug-likeness (QED) is 0.943. The number of nitrogens with zero attached hydrogens (tertiary/aromatic N) is 2. The maximum absolute atomic E-state index is 12.0. The first kappa shape index (κ1) is 14.3. The van der Waals surface area contributed by atoms with Gasteiger partial charge in [0.2, 0.25) is 11.8 Å². The van der Waals surface area contributed by atoms with Crippen LogP contribution in [0, 0.1) is 13.8 Å². The number of aromatic nitrogens is 1. The minimum atomic E-state index is -0.195. The van der Waals surface area contributed by atoms with Gasteiger partial charge in [-0.1, -0.05) is 17.4 Å². The average Bonchev–Trinajstić information content (AvgIpc) is 2.96. The van der Waals surface area contributed by atoms with Crippen LogP contribution in [-0.2, 0) is 9.59 Å². The predicted octanol–water partition coefficient (Wildman–Crippen LogP) is 2.38. The van der Waals surface area contributed by atoms with E-state index in [1.165, 1.54) is 28.7 Å². The molecule has 0 atom stereocenters. The molecule has 0 bridgehead atoms. The summed E-state index contributed by atoms with van der Waals surface area (Å²) >= 11 is 2.99. The number of rotatable bonds is 3. The largest absolute Gasteiger partial charge is 0.323 e. The zero-order valence-electron chi connectivity index (χ0n) is 11.8. The van der Waals surface area contributed by atoms with Gasteiger partial charge < -0.3 is 10.2 Å². The molecule has 2 heterocycles. The summed E-state index contributed by atoms with van der Waals surface area (Å²) in [6.07, 6.45) is 0. The van der Waals surface area contributed by atoms with Crippen LogP contribution >= 0.6 is 23.1 Å². The predicted molar refractivity (Wildman–Crippen MR) is 86.8 cm³/mol. The third kappa shape index (κ3) is 3.03. The van der Waals surface area contributed by atoms with E-state index in [1.807, 2.05) is 13.8 Å². The van der Waals surface area contributed by atoms with Crippen molar-refractivity contribution in [2.24, 2.45) is 0 Å². The Labute approximate surface area is 130 Å². The highest BCUT2D eigenvalue weighted by molar-refractivity contribution is 8.00. The van der Waals surface area contributed by atoms with Crippen molar-refractivity contribution in [1.29, 1.82) is 0 Å². The fourth-order valence-corrected chi connectivity index (χ4v) is 4.26. The molecule has 0 unspecified atom stereocenters. The molecule has 1 fully saturated rings. The third-order valence-corrected chi connectivity index (χ3v) is 5.10. The second-order valence-electron chi connectivity index (χ2n) is 5.07. The summed E-state index contributed by atoms with van der Waals surface area (Å²) in [6, 6.07) is 4.14.